The molecule has 0 aliphatic carbocycles. The molecule has 1 aromatic carbocycles. The number of hydrogen-bond donors (Lipinski definition) is 0. The lowest BCUT2D eigenvalue weighted by atomic mass is 9.96. The Bertz CT molecular complexity index is 718. The van der Waals surface area contributed by atoms with Crippen molar-refractivity contribution in [3.63, 3.8) is 0 Å². The molecule has 1 fully saturated rings. The first-order valence-electron chi connectivity index (χ1n) is 8.47. The fourth-order valence-electron chi connectivity index (χ4n) is 2.98. The molecule has 0 radical (unpaired) electrons. The molecule has 1 aromatic heterocycles. The van der Waals surface area contributed by atoms with Crippen molar-refractivity contribution >= 4 is 5.97 Å². The molecule has 2 aromatic rings. The highest BCUT2D eigenvalue weighted by atomic mass is 19.3. The number of unbranched alkanes of at least 4 members (excludes halogenated alkanes) is 1. The molecular formula is C18H20F2N2O3. The van der Waals surface area contributed by atoms with E-state index >= 15 is 0 Å². The summed E-state index contributed by atoms with van der Waals surface area (Å²) in [5.41, 5.74) is 0.597. The van der Waals surface area contributed by atoms with Crippen LogP contribution in [0.4, 0.5) is 8.78 Å². The summed E-state index contributed by atoms with van der Waals surface area (Å²) in [5, 5.41) is 3.62. The minimum Gasteiger partial charge on any atom is -0.462 e. The lowest BCUT2D eigenvalue weighted by molar-refractivity contribution is -0.148. The van der Waals surface area contributed by atoms with Gasteiger partial charge < -0.3 is 9.26 Å². The van der Waals surface area contributed by atoms with E-state index < -0.39 is 24.3 Å². The van der Waals surface area contributed by atoms with E-state index in [1.807, 2.05) is 13.0 Å². The number of esters is 1. The molecule has 25 heavy (non-hydrogen) atoms. The van der Waals surface area contributed by atoms with Gasteiger partial charge in [0, 0.05) is 5.56 Å². The van der Waals surface area contributed by atoms with Crippen molar-refractivity contribution in [3.05, 3.63) is 36.2 Å². The molecule has 0 spiro atoms. The van der Waals surface area contributed by atoms with Crippen LogP contribution in [0, 0.1) is 5.92 Å². The Morgan fingerprint density at radius 2 is 2.04 bits per heavy atom. The lowest BCUT2D eigenvalue weighted by Gasteiger charge is -2.15. The number of halogens is 2. The van der Waals surface area contributed by atoms with Crippen LogP contribution in [0.2, 0.25) is 0 Å². The Balaban J connectivity index is 1.66. The molecular weight excluding hydrogens is 330 g/mol. The molecule has 0 N–H and O–H groups in total. The van der Waals surface area contributed by atoms with Crippen LogP contribution in [0.25, 0.3) is 11.4 Å². The first-order chi connectivity index (χ1) is 12.0. The minimum absolute atomic E-state index is 0.111. The van der Waals surface area contributed by atoms with Crippen LogP contribution in [0.1, 0.15) is 44.9 Å². The molecule has 0 amide bonds. The van der Waals surface area contributed by atoms with Gasteiger partial charge in [-0.05, 0) is 12.8 Å². The molecule has 0 bridgehead atoms. The average Bonchev–Trinajstić information content (AvgIpc) is 3.21. The van der Waals surface area contributed by atoms with Crippen molar-refractivity contribution in [2.45, 2.75) is 51.1 Å². The van der Waals surface area contributed by atoms with Gasteiger partial charge in [0.25, 0.3) is 5.89 Å². The lowest BCUT2D eigenvalue weighted by Crippen LogP contribution is -2.22. The van der Waals surface area contributed by atoms with Gasteiger partial charge in [-0.3, -0.25) is 4.79 Å². The summed E-state index contributed by atoms with van der Waals surface area (Å²) >= 11 is 0. The van der Waals surface area contributed by atoms with Gasteiger partial charge in [-0.25, -0.2) is 0 Å². The molecule has 1 aliphatic rings. The van der Waals surface area contributed by atoms with E-state index in [1.54, 1.807) is 24.3 Å². The fourth-order valence-corrected chi connectivity index (χ4v) is 2.98. The maximum Gasteiger partial charge on any atom is 0.328 e. The second-order valence-electron chi connectivity index (χ2n) is 6.33. The van der Waals surface area contributed by atoms with Gasteiger partial charge in [-0.15, -0.1) is 0 Å². The van der Waals surface area contributed by atoms with Gasteiger partial charge >= 0.3 is 11.9 Å². The average molecular weight is 350 g/mol. The number of ether oxygens (including phenoxy) is 1. The van der Waals surface area contributed by atoms with E-state index in [1.165, 1.54) is 0 Å². The molecule has 0 saturated carbocycles. The summed E-state index contributed by atoms with van der Waals surface area (Å²) in [5.74, 6) is -4.66. The van der Waals surface area contributed by atoms with Crippen LogP contribution in [-0.2, 0) is 15.5 Å². The summed E-state index contributed by atoms with van der Waals surface area (Å²) in [4.78, 5) is 15.6. The van der Waals surface area contributed by atoms with Crippen LogP contribution in [-0.4, -0.2) is 22.2 Å². The largest absolute Gasteiger partial charge is 0.462 e. The van der Waals surface area contributed by atoms with Gasteiger partial charge in [0.05, 0.1) is 12.3 Å². The van der Waals surface area contributed by atoms with Crippen LogP contribution >= 0.6 is 0 Å². The SMILES string of the molecule is CCCC[C@@H]1C[C@H](CC(F)(F)c2nc(-c3ccccc3)no2)OC1=O. The van der Waals surface area contributed by atoms with Crippen molar-refractivity contribution in [3.8, 4) is 11.4 Å². The van der Waals surface area contributed by atoms with Crippen molar-refractivity contribution in [2.75, 3.05) is 0 Å². The summed E-state index contributed by atoms with van der Waals surface area (Å²) in [6, 6.07) is 8.76. The van der Waals surface area contributed by atoms with Gasteiger partial charge in [0.1, 0.15) is 6.10 Å². The molecule has 7 heteroatoms. The fraction of sp³-hybridized carbons (Fsp3) is 0.500. The summed E-state index contributed by atoms with van der Waals surface area (Å²) in [7, 11) is 0. The maximum atomic E-state index is 14.5. The van der Waals surface area contributed by atoms with Crippen LogP contribution < -0.4 is 0 Å². The van der Waals surface area contributed by atoms with E-state index in [0.29, 0.717) is 18.4 Å². The van der Waals surface area contributed by atoms with Crippen molar-refractivity contribution in [1.29, 1.82) is 0 Å². The molecule has 2 heterocycles. The smallest absolute Gasteiger partial charge is 0.328 e. The Morgan fingerprint density at radius 3 is 2.76 bits per heavy atom. The zero-order chi connectivity index (χ0) is 17.9. The topological polar surface area (TPSA) is 65.2 Å². The number of aromatic nitrogens is 2. The number of carbonyl (C=O) groups excluding carboxylic acids is 1. The van der Waals surface area contributed by atoms with Gasteiger partial charge in [-0.1, -0.05) is 55.3 Å². The van der Waals surface area contributed by atoms with E-state index in [2.05, 4.69) is 10.1 Å². The zero-order valence-corrected chi connectivity index (χ0v) is 14.0. The number of hydrogen-bond acceptors (Lipinski definition) is 5. The maximum absolute atomic E-state index is 14.5. The molecule has 3 rings (SSSR count). The van der Waals surface area contributed by atoms with Gasteiger partial charge in [0.2, 0.25) is 5.82 Å². The third kappa shape index (κ3) is 4.03. The normalized spacial score (nSPS) is 20.7. The zero-order valence-electron chi connectivity index (χ0n) is 14.0. The van der Waals surface area contributed by atoms with Crippen molar-refractivity contribution in [1.82, 2.24) is 10.1 Å². The second-order valence-corrected chi connectivity index (χ2v) is 6.33. The highest BCUT2D eigenvalue weighted by Crippen LogP contribution is 2.38. The quantitative estimate of drug-likeness (QED) is 0.695. The number of alkyl halides is 2. The summed E-state index contributed by atoms with van der Waals surface area (Å²) in [6.07, 6.45) is 1.36. The third-order valence-electron chi connectivity index (χ3n) is 4.32. The number of cyclic esters (lactones) is 1. The molecule has 5 nitrogen and oxygen atoms in total. The van der Waals surface area contributed by atoms with Crippen molar-refractivity contribution in [2.24, 2.45) is 5.92 Å². The predicted molar refractivity (Wildman–Crippen MR) is 85.8 cm³/mol. The van der Waals surface area contributed by atoms with Crippen LogP contribution in [0.3, 0.4) is 0 Å². The molecule has 0 unspecified atom stereocenters. The number of carbonyl (C=O) groups is 1. The standard InChI is InChI=1S/C18H20F2N2O3/c1-2-3-7-13-10-14(24-16(13)23)11-18(19,20)17-21-15(22-25-17)12-8-5-4-6-9-12/h4-6,8-9,13-14H,2-3,7,10-11H2,1H3/t13-,14-/m1/s1. The van der Waals surface area contributed by atoms with Gasteiger partial charge in [0.15, 0.2) is 0 Å². The van der Waals surface area contributed by atoms with Crippen LogP contribution in [0.15, 0.2) is 34.9 Å². The Morgan fingerprint density at radius 1 is 1.28 bits per heavy atom. The third-order valence-corrected chi connectivity index (χ3v) is 4.32. The van der Waals surface area contributed by atoms with E-state index in [4.69, 9.17) is 9.26 Å². The molecule has 134 valence electrons. The van der Waals surface area contributed by atoms with E-state index in [9.17, 15) is 13.6 Å². The number of benzene rings is 1. The minimum atomic E-state index is -3.34. The van der Waals surface area contributed by atoms with Crippen LogP contribution in [0.5, 0.6) is 0 Å². The molecule has 1 saturated heterocycles. The Kier molecular flexibility index (Phi) is 5.11. The Hall–Kier alpha value is -2.31. The number of nitrogens with zero attached hydrogens (tertiary/aromatic N) is 2. The van der Waals surface area contributed by atoms with Gasteiger partial charge in [-0.2, -0.15) is 13.8 Å². The second kappa shape index (κ2) is 7.29. The highest BCUT2D eigenvalue weighted by Gasteiger charge is 2.45. The molecule has 1 aliphatic heterocycles. The molecule has 2 atom stereocenters. The summed E-state index contributed by atoms with van der Waals surface area (Å²) < 4.78 is 38.8. The number of rotatable bonds is 7. The first kappa shape index (κ1) is 17.5. The predicted octanol–water partition coefficient (Wildman–Crippen LogP) is 4.34. The summed E-state index contributed by atoms with van der Waals surface area (Å²) in [6.45, 7) is 2.02. The van der Waals surface area contributed by atoms with Crippen molar-refractivity contribution < 1.29 is 22.8 Å². The highest BCUT2D eigenvalue weighted by molar-refractivity contribution is 5.74. The van der Waals surface area contributed by atoms with E-state index in [-0.39, 0.29) is 17.7 Å². The van der Waals surface area contributed by atoms with E-state index in [0.717, 1.165) is 12.8 Å². The Labute approximate surface area is 144 Å². The first-order valence-corrected chi connectivity index (χ1v) is 8.47. The monoisotopic (exact) mass is 350 g/mol.